The SMILES string of the molecule is CC(=O)N1CCCCCCCN(CCC(C)C)Cc2cc(C(=O)NCCS(=O)(=O)c3ccc(F)cc3)ccc21. The molecule has 3 rings (SSSR count). The maximum absolute atomic E-state index is 13.2. The van der Waals surface area contributed by atoms with E-state index < -0.39 is 15.7 Å². The predicted molar refractivity (Wildman–Crippen MR) is 153 cm³/mol. The number of anilines is 1. The summed E-state index contributed by atoms with van der Waals surface area (Å²) in [6.07, 6.45) is 6.51. The van der Waals surface area contributed by atoms with E-state index in [1.807, 2.05) is 17.0 Å². The Labute approximate surface area is 232 Å². The Kier molecular flexibility index (Phi) is 11.5. The standard InChI is InChI=1S/C30H42FN3O4S/c1-23(2)15-19-33-17-7-5-4-6-8-18-34(24(3)35)29-14-9-25(21-26(29)22-33)30(36)32-16-20-39(37,38)28-12-10-27(31)11-13-28/h9-14,21,23H,4-8,15-20,22H2,1-3H3,(H,32,36). The quantitative estimate of drug-likeness (QED) is 0.450. The Morgan fingerprint density at radius 3 is 2.31 bits per heavy atom. The third-order valence-corrected chi connectivity index (χ3v) is 8.85. The third kappa shape index (κ3) is 9.42. The Morgan fingerprint density at radius 2 is 1.64 bits per heavy atom. The van der Waals surface area contributed by atoms with Gasteiger partial charge in [-0.15, -0.1) is 0 Å². The molecule has 0 aliphatic carbocycles. The average molecular weight is 560 g/mol. The van der Waals surface area contributed by atoms with E-state index in [-0.39, 0.29) is 29.0 Å². The number of carbonyl (C=O) groups is 2. The maximum Gasteiger partial charge on any atom is 0.251 e. The molecule has 1 N–H and O–H groups in total. The van der Waals surface area contributed by atoms with Crippen molar-refractivity contribution in [1.82, 2.24) is 10.2 Å². The first-order valence-corrected chi connectivity index (χ1v) is 15.6. The minimum atomic E-state index is -3.66. The lowest BCUT2D eigenvalue weighted by Gasteiger charge is -2.29. The number of amides is 2. The molecule has 0 bridgehead atoms. The second kappa shape index (κ2) is 14.6. The highest BCUT2D eigenvalue weighted by molar-refractivity contribution is 7.91. The van der Waals surface area contributed by atoms with Crippen molar-refractivity contribution in [1.29, 1.82) is 0 Å². The van der Waals surface area contributed by atoms with Gasteiger partial charge in [0.1, 0.15) is 5.82 Å². The summed E-state index contributed by atoms with van der Waals surface area (Å²) in [5.41, 5.74) is 2.17. The molecule has 0 radical (unpaired) electrons. The zero-order valence-electron chi connectivity index (χ0n) is 23.4. The third-order valence-electron chi connectivity index (χ3n) is 7.11. The molecule has 2 amide bonds. The van der Waals surface area contributed by atoms with Gasteiger partial charge in [0.15, 0.2) is 9.84 Å². The summed E-state index contributed by atoms with van der Waals surface area (Å²) in [7, 11) is -3.66. The van der Waals surface area contributed by atoms with Crippen molar-refractivity contribution >= 4 is 27.3 Å². The molecular formula is C30H42FN3O4S. The highest BCUT2D eigenvalue weighted by Crippen LogP contribution is 2.26. The molecule has 7 nitrogen and oxygen atoms in total. The highest BCUT2D eigenvalue weighted by atomic mass is 32.2. The maximum atomic E-state index is 13.2. The van der Waals surface area contributed by atoms with E-state index in [4.69, 9.17) is 0 Å². The number of hydrogen-bond acceptors (Lipinski definition) is 5. The van der Waals surface area contributed by atoms with Crippen LogP contribution in [0.3, 0.4) is 0 Å². The molecule has 0 unspecified atom stereocenters. The monoisotopic (exact) mass is 559 g/mol. The molecule has 214 valence electrons. The zero-order valence-corrected chi connectivity index (χ0v) is 24.2. The van der Waals surface area contributed by atoms with Crippen LogP contribution in [0.25, 0.3) is 0 Å². The summed E-state index contributed by atoms with van der Waals surface area (Å²) in [6.45, 7) is 9.09. The number of benzene rings is 2. The number of nitrogens with zero attached hydrogens (tertiary/aromatic N) is 2. The summed E-state index contributed by atoms with van der Waals surface area (Å²) in [5, 5.41) is 2.71. The van der Waals surface area contributed by atoms with Crippen molar-refractivity contribution in [3.63, 3.8) is 0 Å². The summed E-state index contributed by atoms with van der Waals surface area (Å²) < 4.78 is 38.3. The van der Waals surface area contributed by atoms with Crippen LogP contribution in [-0.2, 0) is 21.2 Å². The molecule has 0 aromatic heterocycles. The van der Waals surface area contributed by atoms with Gasteiger partial charge in [-0.3, -0.25) is 14.5 Å². The van der Waals surface area contributed by atoms with E-state index in [0.717, 1.165) is 75.0 Å². The summed E-state index contributed by atoms with van der Waals surface area (Å²) in [5.74, 6) is -0.629. The average Bonchev–Trinajstić information content (AvgIpc) is 2.87. The smallest absolute Gasteiger partial charge is 0.251 e. The van der Waals surface area contributed by atoms with Crippen LogP contribution in [0.1, 0.15) is 75.2 Å². The molecule has 39 heavy (non-hydrogen) atoms. The van der Waals surface area contributed by atoms with Crippen molar-refractivity contribution < 1.29 is 22.4 Å². The Bertz CT molecular complexity index is 1220. The summed E-state index contributed by atoms with van der Waals surface area (Å²) in [6, 6.07) is 10.0. The van der Waals surface area contributed by atoms with Crippen LogP contribution in [0.2, 0.25) is 0 Å². The lowest BCUT2D eigenvalue weighted by atomic mass is 10.0. The first-order chi connectivity index (χ1) is 18.6. The Morgan fingerprint density at radius 1 is 0.974 bits per heavy atom. The fraction of sp³-hybridized carbons (Fsp3) is 0.533. The van der Waals surface area contributed by atoms with E-state index in [0.29, 0.717) is 24.6 Å². The normalized spacial score (nSPS) is 15.8. The van der Waals surface area contributed by atoms with Crippen LogP contribution in [-0.4, -0.2) is 57.1 Å². The van der Waals surface area contributed by atoms with Gasteiger partial charge in [0.25, 0.3) is 5.91 Å². The van der Waals surface area contributed by atoms with Crippen molar-refractivity contribution in [3.8, 4) is 0 Å². The van der Waals surface area contributed by atoms with Crippen molar-refractivity contribution in [2.24, 2.45) is 5.92 Å². The summed E-state index contributed by atoms with van der Waals surface area (Å²) >= 11 is 0. The van der Waals surface area contributed by atoms with Gasteiger partial charge in [-0.25, -0.2) is 12.8 Å². The van der Waals surface area contributed by atoms with E-state index >= 15 is 0 Å². The minimum absolute atomic E-state index is 0.0174. The first-order valence-electron chi connectivity index (χ1n) is 14.0. The topological polar surface area (TPSA) is 86.8 Å². The van der Waals surface area contributed by atoms with E-state index in [2.05, 4.69) is 24.1 Å². The second-order valence-corrected chi connectivity index (χ2v) is 12.9. The van der Waals surface area contributed by atoms with Gasteiger partial charge in [-0.1, -0.05) is 33.1 Å². The van der Waals surface area contributed by atoms with Gasteiger partial charge in [0.2, 0.25) is 5.91 Å². The van der Waals surface area contributed by atoms with Crippen LogP contribution in [0.5, 0.6) is 0 Å². The van der Waals surface area contributed by atoms with Gasteiger partial charge in [0.05, 0.1) is 10.6 Å². The van der Waals surface area contributed by atoms with Crippen LogP contribution < -0.4 is 10.2 Å². The van der Waals surface area contributed by atoms with Crippen LogP contribution in [0, 0.1) is 11.7 Å². The fourth-order valence-electron chi connectivity index (χ4n) is 4.81. The molecule has 0 saturated heterocycles. The Hall–Kier alpha value is -2.78. The molecule has 0 spiro atoms. The van der Waals surface area contributed by atoms with Gasteiger partial charge in [0, 0.05) is 37.8 Å². The number of hydrogen-bond donors (Lipinski definition) is 1. The molecule has 1 heterocycles. The number of halogens is 1. The zero-order chi connectivity index (χ0) is 28.4. The van der Waals surface area contributed by atoms with E-state index in [1.165, 1.54) is 12.1 Å². The summed E-state index contributed by atoms with van der Waals surface area (Å²) in [4.78, 5) is 29.9. The van der Waals surface area contributed by atoms with Crippen LogP contribution in [0.15, 0.2) is 47.4 Å². The molecule has 0 atom stereocenters. The van der Waals surface area contributed by atoms with E-state index in [1.54, 1.807) is 13.0 Å². The molecular weight excluding hydrogens is 517 g/mol. The van der Waals surface area contributed by atoms with Gasteiger partial charge < -0.3 is 10.2 Å². The molecule has 9 heteroatoms. The molecule has 0 fully saturated rings. The second-order valence-electron chi connectivity index (χ2n) is 10.8. The van der Waals surface area contributed by atoms with Gasteiger partial charge in [-0.05, 0) is 86.3 Å². The molecule has 0 saturated carbocycles. The van der Waals surface area contributed by atoms with E-state index in [9.17, 15) is 22.4 Å². The highest BCUT2D eigenvalue weighted by Gasteiger charge is 2.21. The number of carbonyl (C=O) groups excluding carboxylic acids is 2. The fourth-order valence-corrected chi connectivity index (χ4v) is 5.97. The number of sulfone groups is 1. The number of nitrogens with one attached hydrogen (secondary N) is 1. The predicted octanol–water partition coefficient (Wildman–Crippen LogP) is 5.19. The van der Waals surface area contributed by atoms with Crippen LogP contribution >= 0.6 is 0 Å². The molecule has 1 aliphatic rings. The molecule has 2 aromatic rings. The lowest BCUT2D eigenvalue weighted by Crippen LogP contribution is -2.33. The number of fused-ring (bicyclic) bond motifs is 1. The largest absolute Gasteiger partial charge is 0.351 e. The van der Waals surface area contributed by atoms with Crippen molar-refractivity contribution in [3.05, 3.63) is 59.4 Å². The Balaban J connectivity index is 1.80. The van der Waals surface area contributed by atoms with Gasteiger partial charge >= 0.3 is 0 Å². The number of rotatable bonds is 8. The van der Waals surface area contributed by atoms with Crippen molar-refractivity contribution in [2.45, 2.75) is 70.7 Å². The first kappa shape index (κ1) is 30.8. The van der Waals surface area contributed by atoms with Gasteiger partial charge in [-0.2, -0.15) is 0 Å². The molecule has 1 aliphatic heterocycles. The molecule has 2 aromatic carbocycles. The minimum Gasteiger partial charge on any atom is -0.351 e. The van der Waals surface area contributed by atoms with Crippen LogP contribution in [0.4, 0.5) is 10.1 Å². The van der Waals surface area contributed by atoms with Crippen molar-refractivity contribution in [2.75, 3.05) is 36.8 Å². The lowest BCUT2D eigenvalue weighted by molar-refractivity contribution is -0.116.